The lowest BCUT2D eigenvalue weighted by Crippen LogP contribution is -1.91. The van der Waals surface area contributed by atoms with E-state index in [1.54, 1.807) is 11.8 Å². The van der Waals surface area contributed by atoms with E-state index >= 15 is 0 Å². The maximum atomic E-state index is 4.19. The van der Waals surface area contributed by atoms with Gasteiger partial charge in [0.05, 0.1) is 0 Å². The maximum absolute atomic E-state index is 4.19. The van der Waals surface area contributed by atoms with Crippen LogP contribution in [-0.4, -0.2) is 16.2 Å². The molecule has 0 amide bonds. The molecule has 1 aromatic rings. The summed E-state index contributed by atoms with van der Waals surface area (Å²) >= 11 is 3.76. The van der Waals surface area contributed by atoms with Gasteiger partial charge in [-0.1, -0.05) is 0 Å². The number of rotatable bonds is 1. The summed E-state index contributed by atoms with van der Waals surface area (Å²) in [7, 11) is 0. The highest BCUT2D eigenvalue weighted by Crippen LogP contribution is 2.12. The van der Waals surface area contributed by atoms with Crippen LogP contribution in [0.2, 0.25) is 0 Å². The Hall–Kier alpha value is 0.160. The van der Waals surface area contributed by atoms with Crippen molar-refractivity contribution in [1.29, 1.82) is 0 Å². The predicted octanol–water partition coefficient (Wildman–Crippen LogP) is 2.11. The standard InChI is InChI=1S/C6H7IN2S/c1-4-3-5(10-2)9-6(7)8-4/h3H,1-2H3. The van der Waals surface area contributed by atoms with E-state index in [2.05, 4.69) is 32.6 Å². The molecule has 0 N–H and O–H groups in total. The summed E-state index contributed by atoms with van der Waals surface area (Å²) in [6.45, 7) is 1.98. The van der Waals surface area contributed by atoms with Crippen molar-refractivity contribution in [1.82, 2.24) is 9.97 Å². The molecular weight excluding hydrogens is 259 g/mol. The first-order valence-electron chi connectivity index (χ1n) is 2.77. The lowest BCUT2D eigenvalue weighted by molar-refractivity contribution is 0.966. The molecule has 0 saturated carbocycles. The number of hydrogen-bond donors (Lipinski definition) is 0. The normalized spacial score (nSPS) is 9.90. The third-order valence-corrected chi connectivity index (χ3v) is 2.12. The van der Waals surface area contributed by atoms with Gasteiger partial charge in [0.25, 0.3) is 0 Å². The van der Waals surface area contributed by atoms with E-state index in [0.29, 0.717) is 0 Å². The number of aromatic nitrogens is 2. The second-order valence-corrected chi connectivity index (χ2v) is 3.61. The third-order valence-electron chi connectivity index (χ3n) is 1.01. The highest BCUT2D eigenvalue weighted by molar-refractivity contribution is 14.1. The summed E-state index contributed by atoms with van der Waals surface area (Å²) < 4.78 is 0.821. The van der Waals surface area contributed by atoms with Crippen molar-refractivity contribution in [3.63, 3.8) is 0 Å². The van der Waals surface area contributed by atoms with E-state index in [1.165, 1.54) is 0 Å². The molecule has 0 aliphatic carbocycles. The minimum Gasteiger partial charge on any atom is -0.228 e. The molecule has 0 saturated heterocycles. The first-order valence-corrected chi connectivity index (χ1v) is 5.08. The van der Waals surface area contributed by atoms with E-state index in [0.717, 1.165) is 14.6 Å². The summed E-state index contributed by atoms with van der Waals surface area (Å²) in [6, 6.07) is 1.98. The van der Waals surface area contributed by atoms with Crippen molar-refractivity contribution in [2.24, 2.45) is 0 Å². The Bertz CT molecular complexity index is 219. The van der Waals surface area contributed by atoms with Crippen molar-refractivity contribution in [3.05, 3.63) is 15.6 Å². The largest absolute Gasteiger partial charge is 0.228 e. The summed E-state index contributed by atoms with van der Waals surface area (Å²) in [5.74, 6) is 0. The second-order valence-electron chi connectivity index (χ2n) is 1.82. The fourth-order valence-electron chi connectivity index (χ4n) is 0.609. The smallest absolute Gasteiger partial charge is 0.191 e. The summed E-state index contributed by atoms with van der Waals surface area (Å²) in [5, 5.41) is 1.04. The number of hydrogen-bond acceptors (Lipinski definition) is 3. The van der Waals surface area contributed by atoms with E-state index in [-0.39, 0.29) is 0 Å². The molecule has 1 aromatic heterocycles. The minimum absolute atomic E-state index is 0.821. The second kappa shape index (κ2) is 3.52. The van der Waals surface area contributed by atoms with Crippen molar-refractivity contribution < 1.29 is 0 Å². The molecule has 0 spiro atoms. The molecule has 10 heavy (non-hydrogen) atoms. The fourth-order valence-corrected chi connectivity index (χ4v) is 1.88. The molecule has 0 aromatic carbocycles. The van der Waals surface area contributed by atoms with Gasteiger partial charge in [-0.05, 0) is 19.2 Å². The third kappa shape index (κ3) is 2.09. The Morgan fingerprint density at radius 2 is 2.20 bits per heavy atom. The van der Waals surface area contributed by atoms with Crippen LogP contribution in [0.3, 0.4) is 0 Å². The van der Waals surface area contributed by atoms with Crippen LogP contribution in [0.4, 0.5) is 0 Å². The molecule has 0 unspecified atom stereocenters. The van der Waals surface area contributed by atoms with Gasteiger partial charge in [-0.3, -0.25) is 0 Å². The van der Waals surface area contributed by atoms with Crippen molar-refractivity contribution in [3.8, 4) is 0 Å². The van der Waals surface area contributed by atoms with E-state index < -0.39 is 0 Å². The Morgan fingerprint density at radius 1 is 1.50 bits per heavy atom. The van der Waals surface area contributed by atoms with Crippen LogP contribution in [-0.2, 0) is 0 Å². The number of thioether (sulfide) groups is 1. The molecule has 54 valence electrons. The molecule has 1 heterocycles. The molecule has 0 aliphatic rings. The Kier molecular flexibility index (Phi) is 2.91. The zero-order chi connectivity index (χ0) is 7.56. The van der Waals surface area contributed by atoms with Gasteiger partial charge in [-0.15, -0.1) is 11.8 Å². The Balaban J connectivity index is 3.06. The lowest BCUT2D eigenvalue weighted by Gasteiger charge is -1.96. The van der Waals surface area contributed by atoms with Gasteiger partial charge < -0.3 is 0 Å². The first-order chi connectivity index (χ1) is 4.72. The van der Waals surface area contributed by atoms with Crippen molar-refractivity contribution >= 4 is 34.4 Å². The van der Waals surface area contributed by atoms with E-state index in [9.17, 15) is 0 Å². The lowest BCUT2D eigenvalue weighted by atomic mass is 10.5. The molecule has 0 bridgehead atoms. The number of nitrogens with zero attached hydrogens (tertiary/aromatic N) is 2. The molecule has 4 heteroatoms. The van der Waals surface area contributed by atoms with Crippen molar-refractivity contribution in [2.75, 3.05) is 6.26 Å². The van der Waals surface area contributed by atoms with Gasteiger partial charge in [0.2, 0.25) is 0 Å². The van der Waals surface area contributed by atoms with Crippen molar-refractivity contribution in [2.45, 2.75) is 11.9 Å². The van der Waals surface area contributed by atoms with Gasteiger partial charge >= 0.3 is 0 Å². The van der Waals surface area contributed by atoms with E-state index in [1.807, 2.05) is 19.2 Å². The molecular formula is C6H7IN2S. The molecule has 0 atom stereocenters. The Labute approximate surface area is 78.0 Å². The van der Waals surface area contributed by atoms with Crippen LogP contribution >= 0.6 is 34.4 Å². The van der Waals surface area contributed by atoms with Crippen LogP contribution in [0, 0.1) is 10.8 Å². The van der Waals surface area contributed by atoms with Gasteiger partial charge in [0.15, 0.2) is 3.83 Å². The van der Waals surface area contributed by atoms with Crippen LogP contribution < -0.4 is 0 Å². The minimum atomic E-state index is 0.821. The molecule has 0 fully saturated rings. The Morgan fingerprint density at radius 3 is 2.70 bits per heavy atom. The van der Waals surface area contributed by atoms with Gasteiger partial charge in [0, 0.05) is 28.3 Å². The monoisotopic (exact) mass is 266 g/mol. The van der Waals surface area contributed by atoms with Gasteiger partial charge in [0.1, 0.15) is 5.03 Å². The van der Waals surface area contributed by atoms with Crippen LogP contribution in [0.1, 0.15) is 5.69 Å². The topological polar surface area (TPSA) is 25.8 Å². The fraction of sp³-hybridized carbons (Fsp3) is 0.333. The summed E-state index contributed by atoms with van der Waals surface area (Å²) in [6.07, 6.45) is 2.01. The maximum Gasteiger partial charge on any atom is 0.191 e. The van der Waals surface area contributed by atoms with Gasteiger partial charge in [-0.25, -0.2) is 9.97 Å². The predicted molar refractivity (Wildman–Crippen MR) is 51.3 cm³/mol. The summed E-state index contributed by atoms with van der Waals surface area (Å²) in [5.41, 5.74) is 1.03. The zero-order valence-corrected chi connectivity index (χ0v) is 8.73. The number of halogens is 1. The van der Waals surface area contributed by atoms with Crippen LogP contribution in [0.15, 0.2) is 11.1 Å². The highest BCUT2D eigenvalue weighted by Gasteiger charge is 1.95. The molecule has 0 aliphatic heterocycles. The molecule has 0 radical (unpaired) electrons. The number of aryl methyl sites for hydroxylation is 1. The highest BCUT2D eigenvalue weighted by atomic mass is 127. The first kappa shape index (κ1) is 8.26. The average molecular weight is 266 g/mol. The van der Waals surface area contributed by atoms with E-state index in [4.69, 9.17) is 0 Å². The average Bonchev–Trinajstić information content (AvgIpc) is 1.85. The van der Waals surface area contributed by atoms with Crippen LogP contribution in [0.25, 0.3) is 0 Å². The zero-order valence-electron chi connectivity index (χ0n) is 5.76. The molecule has 1 rings (SSSR count). The van der Waals surface area contributed by atoms with Crippen LogP contribution in [0.5, 0.6) is 0 Å². The molecule has 2 nitrogen and oxygen atoms in total. The summed E-state index contributed by atoms with van der Waals surface area (Å²) in [4.78, 5) is 8.34. The van der Waals surface area contributed by atoms with Gasteiger partial charge in [-0.2, -0.15) is 0 Å². The SMILES string of the molecule is CSc1cc(C)nc(I)n1. The quantitative estimate of drug-likeness (QED) is 0.337.